The molecule has 26 heavy (non-hydrogen) atoms. The molecule has 4 nitrogen and oxygen atoms in total. The van der Waals surface area contributed by atoms with Gasteiger partial charge in [0.25, 0.3) is 5.91 Å². The van der Waals surface area contributed by atoms with Crippen molar-refractivity contribution >= 4 is 23.0 Å². The molecule has 3 aromatic rings. The molecule has 0 fully saturated rings. The van der Waals surface area contributed by atoms with E-state index in [-0.39, 0.29) is 22.8 Å². The zero-order valence-corrected chi connectivity index (χ0v) is 13.1. The average molecular weight is 361 g/mol. The highest BCUT2D eigenvalue weighted by atomic mass is 19.2. The third kappa shape index (κ3) is 3.80. The van der Waals surface area contributed by atoms with Crippen LogP contribution in [0.15, 0.2) is 54.7 Å². The van der Waals surface area contributed by atoms with Crippen LogP contribution in [0.2, 0.25) is 0 Å². The zero-order valence-electron chi connectivity index (χ0n) is 13.1. The van der Waals surface area contributed by atoms with Gasteiger partial charge in [-0.3, -0.25) is 9.78 Å². The first kappa shape index (κ1) is 17.4. The largest absolute Gasteiger partial charge is 0.351 e. The summed E-state index contributed by atoms with van der Waals surface area (Å²) in [5.41, 5.74) is -0.198. The van der Waals surface area contributed by atoms with Crippen LogP contribution in [0.3, 0.4) is 0 Å². The van der Waals surface area contributed by atoms with Crippen molar-refractivity contribution in [3.63, 3.8) is 0 Å². The number of halogens is 4. The van der Waals surface area contributed by atoms with Crippen LogP contribution in [0, 0.1) is 23.3 Å². The Bertz CT molecular complexity index is 958. The molecule has 0 saturated carbocycles. The summed E-state index contributed by atoms with van der Waals surface area (Å²) in [5.74, 6) is -4.45. The van der Waals surface area contributed by atoms with Crippen LogP contribution in [0.25, 0.3) is 0 Å². The zero-order chi connectivity index (χ0) is 18.7. The van der Waals surface area contributed by atoms with Crippen molar-refractivity contribution in [1.29, 1.82) is 0 Å². The lowest BCUT2D eigenvalue weighted by Gasteiger charge is -2.10. The molecular formula is C18H11F4N3O. The standard InChI is InChI=1S/C18H11F4N3O/c19-12-5-4-10(8-15(12)22)25-18(26)16-9-11(6-7-23-16)24-17-13(20)2-1-3-14(17)21/h1-9H,(H,23,24)(H,25,26). The maximum Gasteiger partial charge on any atom is 0.274 e. The van der Waals surface area contributed by atoms with Gasteiger partial charge in [-0.15, -0.1) is 0 Å². The van der Waals surface area contributed by atoms with E-state index in [0.29, 0.717) is 0 Å². The molecule has 1 aromatic heterocycles. The maximum atomic E-state index is 13.7. The van der Waals surface area contributed by atoms with E-state index < -0.39 is 29.2 Å². The summed E-state index contributed by atoms with van der Waals surface area (Å²) in [6, 6.07) is 8.96. The van der Waals surface area contributed by atoms with Crippen molar-refractivity contribution in [1.82, 2.24) is 4.98 Å². The van der Waals surface area contributed by atoms with Crippen LogP contribution in [-0.4, -0.2) is 10.9 Å². The number of aromatic nitrogens is 1. The Balaban J connectivity index is 1.80. The molecule has 0 aliphatic heterocycles. The van der Waals surface area contributed by atoms with Crippen LogP contribution in [-0.2, 0) is 0 Å². The van der Waals surface area contributed by atoms with Gasteiger partial charge in [0.05, 0.1) is 0 Å². The third-order valence-corrected chi connectivity index (χ3v) is 3.40. The van der Waals surface area contributed by atoms with E-state index in [0.717, 1.165) is 24.3 Å². The predicted molar refractivity (Wildman–Crippen MR) is 88.2 cm³/mol. The minimum absolute atomic E-state index is 0.0363. The summed E-state index contributed by atoms with van der Waals surface area (Å²) in [7, 11) is 0. The Morgan fingerprint density at radius 3 is 2.23 bits per heavy atom. The van der Waals surface area contributed by atoms with Crippen molar-refractivity contribution in [3.8, 4) is 0 Å². The molecule has 1 amide bonds. The average Bonchev–Trinajstić information content (AvgIpc) is 2.62. The summed E-state index contributed by atoms with van der Waals surface area (Å²) >= 11 is 0. The van der Waals surface area contributed by atoms with Crippen molar-refractivity contribution in [2.45, 2.75) is 0 Å². The Kier molecular flexibility index (Phi) is 4.83. The van der Waals surface area contributed by atoms with Gasteiger partial charge >= 0.3 is 0 Å². The first-order valence-electron chi connectivity index (χ1n) is 7.37. The molecule has 0 radical (unpaired) electrons. The van der Waals surface area contributed by atoms with Gasteiger partial charge in [0.15, 0.2) is 11.6 Å². The number of pyridine rings is 1. The number of amides is 1. The van der Waals surface area contributed by atoms with Crippen molar-refractivity contribution in [3.05, 3.63) is 83.7 Å². The van der Waals surface area contributed by atoms with Crippen LogP contribution >= 0.6 is 0 Å². The number of nitrogens with one attached hydrogen (secondary N) is 2. The highest BCUT2D eigenvalue weighted by molar-refractivity contribution is 6.03. The highest BCUT2D eigenvalue weighted by Crippen LogP contribution is 2.23. The Morgan fingerprint density at radius 2 is 1.54 bits per heavy atom. The Labute approximate surface area is 145 Å². The van der Waals surface area contributed by atoms with Crippen LogP contribution < -0.4 is 10.6 Å². The highest BCUT2D eigenvalue weighted by Gasteiger charge is 2.12. The van der Waals surface area contributed by atoms with E-state index in [9.17, 15) is 22.4 Å². The van der Waals surface area contributed by atoms with Gasteiger partial charge in [0.2, 0.25) is 0 Å². The number of hydrogen-bond acceptors (Lipinski definition) is 3. The molecular weight excluding hydrogens is 350 g/mol. The Morgan fingerprint density at radius 1 is 0.808 bits per heavy atom. The lowest BCUT2D eigenvalue weighted by Crippen LogP contribution is -2.14. The lowest BCUT2D eigenvalue weighted by atomic mass is 10.2. The summed E-state index contributed by atoms with van der Waals surface area (Å²) in [6.45, 7) is 0. The summed E-state index contributed by atoms with van der Waals surface area (Å²) in [4.78, 5) is 16.0. The molecule has 3 rings (SSSR count). The van der Waals surface area contributed by atoms with E-state index in [1.807, 2.05) is 0 Å². The van der Waals surface area contributed by atoms with Gasteiger partial charge in [-0.05, 0) is 36.4 Å². The fraction of sp³-hybridized carbons (Fsp3) is 0. The summed E-state index contributed by atoms with van der Waals surface area (Å²) in [6.07, 6.45) is 1.27. The Hall–Kier alpha value is -3.42. The van der Waals surface area contributed by atoms with E-state index in [2.05, 4.69) is 15.6 Å². The number of carbonyl (C=O) groups excluding carboxylic acids is 1. The van der Waals surface area contributed by atoms with Gasteiger partial charge in [-0.25, -0.2) is 17.6 Å². The van der Waals surface area contributed by atoms with E-state index in [4.69, 9.17) is 0 Å². The topological polar surface area (TPSA) is 54.0 Å². The monoisotopic (exact) mass is 361 g/mol. The number of anilines is 3. The second kappa shape index (κ2) is 7.22. The SMILES string of the molecule is O=C(Nc1ccc(F)c(F)c1)c1cc(Nc2c(F)cccc2F)ccn1. The van der Waals surface area contributed by atoms with Gasteiger partial charge in [0.1, 0.15) is 23.0 Å². The second-order valence-corrected chi connectivity index (χ2v) is 5.23. The molecule has 2 N–H and O–H groups in total. The number of carbonyl (C=O) groups is 1. The smallest absolute Gasteiger partial charge is 0.274 e. The molecule has 2 aromatic carbocycles. The van der Waals surface area contributed by atoms with Crippen molar-refractivity contribution < 1.29 is 22.4 Å². The number of para-hydroxylation sites is 1. The van der Waals surface area contributed by atoms with Gasteiger partial charge < -0.3 is 10.6 Å². The normalized spacial score (nSPS) is 10.5. The number of benzene rings is 2. The number of hydrogen-bond donors (Lipinski definition) is 2. The van der Waals surface area contributed by atoms with E-state index >= 15 is 0 Å². The van der Waals surface area contributed by atoms with Crippen LogP contribution in [0.5, 0.6) is 0 Å². The molecule has 0 atom stereocenters. The minimum atomic E-state index is -1.11. The first-order valence-corrected chi connectivity index (χ1v) is 7.37. The number of rotatable bonds is 4. The van der Waals surface area contributed by atoms with Crippen molar-refractivity contribution in [2.75, 3.05) is 10.6 Å². The second-order valence-electron chi connectivity index (χ2n) is 5.23. The molecule has 8 heteroatoms. The molecule has 0 aliphatic carbocycles. The van der Waals surface area contributed by atoms with Crippen LogP contribution in [0.4, 0.5) is 34.6 Å². The molecule has 0 spiro atoms. The van der Waals surface area contributed by atoms with Gasteiger partial charge in [-0.1, -0.05) is 6.07 Å². The lowest BCUT2D eigenvalue weighted by molar-refractivity contribution is 0.102. The van der Waals surface area contributed by atoms with Gasteiger partial charge in [-0.2, -0.15) is 0 Å². The fourth-order valence-electron chi connectivity index (χ4n) is 2.16. The number of nitrogens with zero attached hydrogens (tertiary/aromatic N) is 1. The molecule has 0 bridgehead atoms. The van der Waals surface area contributed by atoms with E-state index in [1.165, 1.54) is 30.5 Å². The molecule has 0 aliphatic rings. The quantitative estimate of drug-likeness (QED) is 0.666. The first-order chi connectivity index (χ1) is 12.4. The molecule has 0 unspecified atom stereocenters. The molecule has 1 heterocycles. The molecule has 132 valence electrons. The summed E-state index contributed by atoms with van der Waals surface area (Å²) in [5, 5.41) is 4.89. The minimum Gasteiger partial charge on any atom is -0.351 e. The summed E-state index contributed by atoms with van der Waals surface area (Å²) < 4.78 is 53.5. The predicted octanol–water partition coefficient (Wildman–Crippen LogP) is 4.63. The van der Waals surface area contributed by atoms with E-state index in [1.54, 1.807) is 0 Å². The van der Waals surface area contributed by atoms with Crippen LogP contribution in [0.1, 0.15) is 10.5 Å². The third-order valence-electron chi connectivity index (χ3n) is 3.40. The maximum absolute atomic E-state index is 13.7. The molecule has 0 saturated heterocycles. The van der Waals surface area contributed by atoms with Gasteiger partial charge in [0, 0.05) is 23.6 Å². The van der Waals surface area contributed by atoms with Crippen molar-refractivity contribution in [2.24, 2.45) is 0 Å². The fourth-order valence-corrected chi connectivity index (χ4v) is 2.16.